The maximum atomic E-state index is 13.2. The van der Waals surface area contributed by atoms with Crippen LogP contribution in [-0.2, 0) is 11.3 Å². The molecule has 0 aliphatic heterocycles. The van der Waals surface area contributed by atoms with Crippen molar-refractivity contribution in [3.63, 3.8) is 0 Å². The molecule has 0 aliphatic carbocycles. The van der Waals surface area contributed by atoms with Crippen LogP contribution in [0.3, 0.4) is 0 Å². The zero-order valence-electron chi connectivity index (χ0n) is 26.1. The number of rotatable bonds is 12. The second kappa shape index (κ2) is 14.7. The Bertz CT molecular complexity index is 2050. The van der Waals surface area contributed by atoms with Gasteiger partial charge in [-0.25, -0.2) is 4.79 Å². The number of hydrogen-bond acceptors (Lipinski definition) is 8. The molecule has 4 N–H and O–H groups in total. The van der Waals surface area contributed by atoms with E-state index < -0.39 is 12.0 Å². The van der Waals surface area contributed by atoms with Crippen LogP contribution < -0.4 is 25.6 Å². The predicted octanol–water partition coefficient (Wildman–Crippen LogP) is 7.57. The second-order valence-electron chi connectivity index (χ2n) is 10.8. The fourth-order valence-corrected chi connectivity index (χ4v) is 5.32. The highest BCUT2D eigenvalue weighted by Crippen LogP contribution is 2.30. The summed E-state index contributed by atoms with van der Waals surface area (Å²) in [6.07, 6.45) is -0.160. The first kappa shape index (κ1) is 31.5. The number of methoxy groups -OCH3 is 1. The average Bonchev–Trinajstić information content (AvgIpc) is 3.10. The molecular formula is C37H33N7O4. The van der Waals surface area contributed by atoms with Crippen LogP contribution in [0.2, 0.25) is 0 Å². The van der Waals surface area contributed by atoms with Gasteiger partial charge in [-0.2, -0.15) is 15.0 Å². The number of nitrogens with zero attached hydrogens (tertiary/aromatic N) is 4. The van der Waals surface area contributed by atoms with Gasteiger partial charge in [-0.15, -0.1) is 0 Å². The summed E-state index contributed by atoms with van der Waals surface area (Å²) in [4.78, 5) is 40.6. The molecule has 0 spiro atoms. The van der Waals surface area contributed by atoms with Crippen LogP contribution in [0.1, 0.15) is 12.0 Å². The average molecular weight is 640 g/mol. The Kier molecular flexibility index (Phi) is 9.67. The van der Waals surface area contributed by atoms with E-state index in [2.05, 4.69) is 25.9 Å². The van der Waals surface area contributed by atoms with Crippen molar-refractivity contribution >= 4 is 52.0 Å². The van der Waals surface area contributed by atoms with Crippen LogP contribution in [0, 0.1) is 0 Å². The number of carboxylic acid groups (broad SMARTS) is 1. The smallest absolute Gasteiger partial charge is 0.326 e. The molecule has 0 saturated carbocycles. The highest BCUT2D eigenvalue weighted by Gasteiger charge is 2.19. The number of carbonyl (C=O) groups is 2. The topological polar surface area (TPSA) is 142 Å². The van der Waals surface area contributed by atoms with Gasteiger partial charge in [0.05, 0.1) is 19.2 Å². The Morgan fingerprint density at radius 2 is 1.42 bits per heavy atom. The summed E-state index contributed by atoms with van der Waals surface area (Å²) in [5.41, 5.74) is 4.06. The lowest BCUT2D eigenvalue weighted by molar-refractivity contribution is -0.136. The Labute approximate surface area is 277 Å². The third-order valence-corrected chi connectivity index (χ3v) is 7.58. The highest BCUT2D eigenvalue weighted by molar-refractivity contribution is 5.99. The number of amides is 2. The summed E-state index contributed by atoms with van der Waals surface area (Å²) < 4.78 is 5.37. The summed E-state index contributed by atoms with van der Waals surface area (Å²) in [5.74, 6) is -0.165. The fourth-order valence-electron chi connectivity index (χ4n) is 5.32. The highest BCUT2D eigenvalue weighted by atomic mass is 16.5. The molecule has 0 radical (unpaired) electrons. The summed E-state index contributed by atoms with van der Waals surface area (Å²) in [6.45, 7) is 0.418. The number of aromatic nitrogens is 3. The van der Waals surface area contributed by atoms with Crippen molar-refractivity contribution < 1.29 is 19.4 Å². The van der Waals surface area contributed by atoms with Gasteiger partial charge in [-0.05, 0) is 40.1 Å². The van der Waals surface area contributed by atoms with Gasteiger partial charge in [0.25, 0.3) is 0 Å². The number of benzene rings is 5. The molecule has 6 rings (SSSR count). The first-order valence-electron chi connectivity index (χ1n) is 15.3. The minimum atomic E-state index is -0.961. The minimum Gasteiger partial charge on any atom is -0.495 e. The number of anilines is 5. The van der Waals surface area contributed by atoms with Crippen LogP contribution in [0.5, 0.6) is 5.75 Å². The molecule has 0 bridgehead atoms. The van der Waals surface area contributed by atoms with E-state index in [4.69, 9.17) is 9.72 Å². The second-order valence-corrected chi connectivity index (χ2v) is 10.8. The van der Waals surface area contributed by atoms with Gasteiger partial charge < -0.3 is 25.4 Å². The maximum absolute atomic E-state index is 13.2. The Morgan fingerprint density at radius 1 is 0.729 bits per heavy atom. The molecule has 1 aromatic heterocycles. The first-order chi connectivity index (χ1) is 23.5. The van der Waals surface area contributed by atoms with E-state index in [9.17, 15) is 14.7 Å². The molecule has 48 heavy (non-hydrogen) atoms. The number of fused-ring (bicyclic) bond motifs is 1. The number of urea groups is 1. The third-order valence-electron chi connectivity index (χ3n) is 7.58. The van der Waals surface area contributed by atoms with E-state index in [1.165, 1.54) is 7.11 Å². The van der Waals surface area contributed by atoms with Gasteiger partial charge in [0.15, 0.2) is 0 Å². The van der Waals surface area contributed by atoms with E-state index in [1.807, 2.05) is 97.1 Å². The molecule has 0 unspecified atom stereocenters. The molecule has 0 fully saturated rings. The molecule has 2 amide bonds. The van der Waals surface area contributed by atoms with Gasteiger partial charge in [0.2, 0.25) is 17.8 Å². The minimum absolute atomic E-state index is 0.0367. The third kappa shape index (κ3) is 7.65. The number of carboxylic acids is 1. The zero-order chi connectivity index (χ0) is 33.3. The van der Waals surface area contributed by atoms with Gasteiger partial charge in [-0.1, -0.05) is 103 Å². The van der Waals surface area contributed by atoms with E-state index in [0.29, 0.717) is 18.0 Å². The largest absolute Gasteiger partial charge is 0.495 e. The predicted molar refractivity (Wildman–Crippen MR) is 188 cm³/mol. The quantitative estimate of drug-likeness (QED) is 0.107. The van der Waals surface area contributed by atoms with Gasteiger partial charge in [0.1, 0.15) is 5.75 Å². The van der Waals surface area contributed by atoms with E-state index >= 15 is 0 Å². The lowest BCUT2D eigenvalue weighted by Gasteiger charge is -2.24. The maximum Gasteiger partial charge on any atom is 0.326 e. The number of nitrogens with one attached hydrogen (secondary N) is 3. The first-order valence-corrected chi connectivity index (χ1v) is 15.3. The number of carbonyl (C=O) groups excluding carboxylic acids is 1. The van der Waals surface area contributed by atoms with Crippen molar-refractivity contribution in [2.45, 2.75) is 13.0 Å². The van der Waals surface area contributed by atoms with E-state index in [1.54, 1.807) is 29.2 Å². The van der Waals surface area contributed by atoms with Crippen LogP contribution in [0.15, 0.2) is 121 Å². The number of ether oxygens (including phenoxy) is 1. The fraction of sp³-hybridized carbons (Fsp3) is 0.108. The van der Waals surface area contributed by atoms with E-state index in [-0.39, 0.29) is 30.8 Å². The molecule has 5 aromatic carbocycles. The Morgan fingerprint density at radius 3 is 2.23 bits per heavy atom. The van der Waals surface area contributed by atoms with Gasteiger partial charge in [0, 0.05) is 24.3 Å². The standard InChI is InChI=1S/C37H33N7O4/c1-48-32-21-10-9-20-31(32)39-37(47)43-35-40-34(38-30-19-8-7-18-29(30)26-12-3-2-4-13-26)41-36(42-35)44(23-22-33(45)46)24-27-16-11-15-25-14-5-6-17-28(25)27/h2-21H,22-24H2,1H3,(H,45,46)(H3,38,39,40,41,42,43,47). The molecule has 0 saturated heterocycles. The molecule has 240 valence electrons. The zero-order valence-corrected chi connectivity index (χ0v) is 26.1. The van der Waals surface area contributed by atoms with Crippen molar-refractivity contribution in [2.75, 3.05) is 34.5 Å². The molecule has 0 atom stereocenters. The van der Waals surface area contributed by atoms with E-state index in [0.717, 1.165) is 33.2 Å². The van der Waals surface area contributed by atoms with Crippen LogP contribution in [0.4, 0.5) is 34.0 Å². The number of hydrogen-bond donors (Lipinski definition) is 4. The Balaban J connectivity index is 1.39. The summed E-state index contributed by atoms with van der Waals surface area (Å²) >= 11 is 0. The molecule has 11 heteroatoms. The number of aliphatic carboxylic acids is 1. The van der Waals surface area contributed by atoms with Crippen molar-refractivity contribution in [1.82, 2.24) is 15.0 Å². The summed E-state index contributed by atoms with van der Waals surface area (Å²) in [6, 6.07) is 38.0. The summed E-state index contributed by atoms with van der Waals surface area (Å²) in [7, 11) is 1.52. The number of para-hydroxylation sites is 3. The van der Waals surface area contributed by atoms with Crippen molar-refractivity contribution in [1.29, 1.82) is 0 Å². The molecule has 0 aliphatic rings. The van der Waals surface area contributed by atoms with Gasteiger partial charge in [-0.3, -0.25) is 10.1 Å². The molecule has 11 nitrogen and oxygen atoms in total. The van der Waals surface area contributed by atoms with Crippen molar-refractivity contribution in [3.8, 4) is 16.9 Å². The molecule has 6 aromatic rings. The van der Waals surface area contributed by atoms with Crippen molar-refractivity contribution in [2.24, 2.45) is 0 Å². The lowest BCUT2D eigenvalue weighted by Crippen LogP contribution is -2.29. The molecule has 1 heterocycles. The van der Waals surface area contributed by atoms with Crippen LogP contribution in [0.25, 0.3) is 21.9 Å². The monoisotopic (exact) mass is 639 g/mol. The van der Waals surface area contributed by atoms with Gasteiger partial charge >= 0.3 is 12.0 Å². The normalized spacial score (nSPS) is 10.7. The summed E-state index contributed by atoms with van der Waals surface area (Å²) in [5, 5.41) is 20.5. The Hall–Kier alpha value is -6.49. The van der Waals surface area contributed by atoms with Crippen LogP contribution >= 0.6 is 0 Å². The van der Waals surface area contributed by atoms with Crippen molar-refractivity contribution in [3.05, 3.63) is 127 Å². The molecular weight excluding hydrogens is 606 g/mol. The van der Waals surface area contributed by atoms with Crippen LogP contribution in [-0.4, -0.2) is 45.7 Å². The SMILES string of the molecule is COc1ccccc1NC(=O)Nc1nc(Nc2ccccc2-c2ccccc2)nc(N(CCC(=O)O)Cc2cccc3ccccc23)n1. The lowest BCUT2D eigenvalue weighted by atomic mass is 10.0.